The van der Waals surface area contributed by atoms with E-state index in [9.17, 15) is 0 Å². The van der Waals surface area contributed by atoms with Crippen molar-refractivity contribution in [3.8, 4) is 0 Å². The molecule has 6 aromatic carbocycles. The van der Waals surface area contributed by atoms with Crippen molar-refractivity contribution < 1.29 is 0 Å². The number of fused-ring (bicyclic) bond motifs is 6. The maximum absolute atomic E-state index is 2.48. The molecule has 1 nitrogen and oxygen atoms in total. The summed E-state index contributed by atoms with van der Waals surface area (Å²) < 4.78 is 0. The molecule has 0 amide bonds. The highest BCUT2D eigenvalue weighted by atomic mass is 15.1. The van der Waals surface area contributed by atoms with Crippen LogP contribution in [0.4, 0.5) is 17.1 Å². The zero-order valence-corrected chi connectivity index (χ0v) is 21.1. The number of hydrogen-bond acceptors (Lipinski definition) is 1. The lowest BCUT2D eigenvalue weighted by molar-refractivity contribution is 1.15. The van der Waals surface area contributed by atoms with E-state index in [2.05, 4.69) is 138 Å². The van der Waals surface area contributed by atoms with Crippen LogP contribution in [-0.4, -0.2) is 6.71 Å². The Balaban J connectivity index is 1.45. The number of benzene rings is 6. The van der Waals surface area contributed by atoms with Gasteiger partial charge < -0.3 is 4.90 Å². The molecule has 0 saturated carbocycles. The lowest BCUT2D eigenvalue weighted by Gasteiger charge is -2.36. The van der Waals surface area contributed by atoms with Crippen LogP contribution in [-0.2, 0) is 12.8 Å². The molecular weight excluding hydrogens is 457 g/mol. The molecule has 0 spiro atoms. The van der Waals surface area contributed by atoms with Gasteiger partial charge in [-0.2, -0.15) is 0 Å². The van der Waals surface area contributed by atoms with Gasteiger partial charge in [0.1, 0.15) is 0 Å². The van der Waals surface area contributed by atoms with E-state index in [1.165, 1.54) is 61.0 Å². The van der Waals surface area contributed by atoms with Crippen molar-refractivity contribution in [2.75, 3.05) is 4.90 Å². The number of hydrogen-bond donors (Lipinski definition) is 0. The summed E-state index contributed by atoms with van der Waals surface area (Å²) in [5.74, 6) is 0. The quantitative estimate of drug-likeness (QED) is 0.255. The van der Waals surface area contributed by atoms with E-state index in [4.69, 9.17) is 0 Å². The first-order valence-corrected chi connectivity index (χ1v) is 13.5. The molecule has 0 N–H and O–H groups in total. The molecule has 8 rings (SSSR count). The average Bonchev–Trinajstić information content (AvgIpc) is 2.98. The molecule has 0 aliphatic carbocycles. The molecule has 2 heterocycles. The second-order valence-corrected chi connectivity index (χ2v) is 10.5. The van der Waals surface area contributed by atoms with E-state index in [0.29, 0.717) is 0 Å². The van der Waals surface area contributed by atoms with Crippen molar-refractivity contribution in [2.45, 2.75) is 12.8 Å². The van der Waals surface area contributed by atoms with Crippen LogP contribution >= 0.6 is 0 Å². The van der Waals surface area contributed by atoms with Gasteiger partial charge in [0.2, 0.25) is 6.71 Å². The largest absolute Gasteiger partial charge is 0.310 e. The molecule has 0 unspecified atom stereocenters. The predicted octanol–water partition coefficient (Wildman–Crippen LogP) is 6.63. The molecule has 178 valence electrons. The van der Waals surface area contributed by atoms with E-state index in [1.54, 1.807) is 5.46 Å². The van der Waals surface area contributed by atoms with Crippen LogP contribution in [0.15, 0.2) is 133 Å². The van der Waals surface area contributed by atoms with Gasteiger partial charge in [0, 0.05) is 16.8 Å². The Labute approximate surface area is 224 Å². The Morgan fingerprint density at radius 1 is 0.447 bits per heavy atom. The highest BCUT2D eigenvalue weighted by Crippen LogP contribution is 2.40. The minimum absolute atomic E-state index is 0.274. The normalized spacial score (nSPS) is 13.0. The third kappa shape index (κ3) is 3.20. The molecule has 0 atom stereocenters. The molecule has 0 fully saturated rings. The Morgan fingerprint density at radius 2 is 1.00 bits per heavy atom. The highest BCUT2D eigenvalue weighted by molar-refractivity contribution is 6.98. The maximum Gasteiger partial charge on any atom is 0.243 e. The Hall–Kier alpha value is -4.56. The molecule has 6 aromatic rings. The van der Waals surface area contributed by atoms with E-state index in [1.807, 2.05) is 0 Å². The predicted molar refractivity (Wildman–Crippen MR) is 162 cm³/mol. The van der Waals surface area contributed by atoms with Gasteiger partial charge in [-0.25, -0.2) is 0 Å². The molecule has 38 heavy (non-hydrogen) atoms. The minimum Gasteiger partial charge on any atom is -0.310 e. The first kappa shape index (κ1) is 21.5. The SMILES string of the molecule is c1ccc(N(c2ccccc2)c2cc3c(c4ccccc24)B2c4ccccc4Cc4cccc(c42)C3)cc1. The van der Waals surface area contributed by atoms with Gasteiger partial charge in [-0.3, -0.25) is 0 Å². The molecule has 2 aliphatic heterocycles. The highest BCUT2D eigenvalue weighted by Gasteiger charge is 2.38. The standard InChI is InChI=1S/C36H26BN/c1-3-15-29(16-4-1)38(30-17-5-2-6-18-30)34-24-28-23-27-14-11-13-26-22-25-12-7-10-21-33(25)37(35(26)27)36(28)32-20-9-8-19-31(32)34/h1-21,24H,22-23H2. The van der Waals surface area contributed by atoms with Crippen molar-refractivity contribution in [1.29, 1.82) is 0 Å². The van der Waals surface area contributed by atoms with Gasteiger partial charge in [-0.05, 0) is 70.8 Å². The topological polar surface area (TPSA) is 3.24 Å². The van der Waals surface area contributed by atoms with E-state index in [-0.39, 0.29) is 6.71 Å². The Bertz CT molecular complexity index is 1780. The number of anilines is 3. The fourth-order valence-corrected chi connectivity index (χ4v) is 6.88. The van der Waals surface area contributed by atoms with Crippen LogP contribution in [0.2, 0.25) is 0 Å². The van der Waals surface area contributed by atoms with Gasteiger partial charge in [-0.15, -0.1) is 0 Å². The molecule has 0 saturated heterocycles. The van der Waals surface area contributed by atoms with Gasteiger partial charge in [-0.1, -0.05) is 120 Å². The molecule has 2 heteroatoms. The molecule has 0 bridgehead atoms. The van der Waals surface area contributed by atoms with E-state index in [0.717, 1.165) is 12.8 Å². The van der Waals surface area contributed by atoms with Crippen LogP contribution < -0.4 is 21.3 Å². The first-order chi connectivity index (χ1) is 18.9. The first-order valence-electron chi connectivity index (χ1n) is 13.5. The average molecular weight is 483 g/mol. The Kier molecular flexibility index (Phi) is 4.81. The zero-order valence-electron chi connectivity index (χ0n) is 21.1. The monoisotopic (exact) mass is 483 g/mol. The number of nitrogens with zero attached hydrogens (tertiary/aromatic N) is 1. The summed E-state index contributed by atoms with van der Waals surface area (Å²) in [6, 6.07) is 49.1. The fraction of sp³-hybridized carbons (Fsp3) is 0.0556. The summed E-state index contributed by atoms with van der Waals surface area (Å²) in [4.78, 5) is 2.42. The third-order valence-electron chi connectivity index (χ3n) is 8.41. The number of rotatable bonds is 3. The van der Waals surface area contributed by atoms with Gasteiger partial charge >= 0.3 is 0 Å². The zero-order chi connectivity index (χ0) is 25.1. The summed E-state index contributed by atoms with van der Waals surface area (Å²) in [7, 11) is 0. The van der Waals surface area contributed by atoms with Crippen molar-refractivity contribution in [3.05, 3.63) is 156 Å². The van der Waals surface area contributed by atoms with Gasteiger partial charge in [0.15, 0.2) is 0 Å². The minimum atomic E-state index is 0.274. The second-order valence-electron chi connectivity index (χ2n) is 10.5. The molecule has 0 aromatic heterocycles. The lowest BCUT2D eigenvalue weighted by Crippen LogP contribution is -2.61. The Morgan fingerprint density at radius 3 is 1.71 bits per heavy atom. The maximum atomic E-state index is 2.48. The molecule has 2 aliphatic rings. The van der Waals surface area contributed by atoms with Crippen molar-refractivity contribution in [1.82, 2.24) is 0 Å². The summed E-state index contributed by atoms with van der Waals surface area (Å²) in [5.41, 5.74) is 13.9. The van der Waals surface area contributed by atoms with Crippen LogP contribution in [0, 0.1) is 0 Å². The summed E-state index contributed by atoms with van der Waals surface area (Å²) in [6.07, 6.45) is 1.99. The van der Waals surface area contributed by atoms with Crippen LogP contribution in [0.1, 0.15) is 22.3 Å². The molecule has 0 radical (unpaired) electrons. The molecular formula is C36H26BN. The van der Waals surface area contributed by atoms with Gasteiger partial charge in [0.25, 0.3) is 0 Å². The lowest BCUT2D eigenvalue weighted by atomic mass is 9.30. The van der Waals surface area contributed by atoms with Crippen molar-refractivity contribution in [3.63, 3.8) is 0 Å². The van der Waals surface area contributed by atoms with Crippen molar-refractivity contribution in [2.24, 2.45) is 0 Å². The van der Waals surface area contributed by atoms with Crippen LogP contribution in [0.25, 0.3) is 10.8 Å². The van der Waals surface area contributed by atoms with E-state index >= 15 is 0 Å². The van der Waals surface area contributed by atoms with Crippen LogP contribution in [0.5, 0.6) is 0 Å². The third-order valence-corrected chi connectivity index (χ3v) is 8.41. The van der Waals surface area contributed by atoms with Crippen LogP contribution in [0.3, 0.4) is 0 Å². The second kappa shape index (κ2) is 8.50. The summed E-state index contributed by atoms with van der Waals surface area (Å²) in [6.45, 7) is 0.274. The van der Waals surface area contributed by atoms with E-state index < -0.39 is 0 Å². The smallest absolute Gasteiger partial charge is 0.243 e. The van der Waals surface area contributed by atoms with Gasteiger partial charge in [0.05, 0.1) is 5.69 Å². The fourth-order valence-electron chi connectivity index (χ4n) is 6.88. The summed E-state index contributed by atoms with van der Waals surface area (Å²) >= 11 is 0. The summed E-state index contributed by atoms with van der Waals surface area (Å²) in [5, 5.41) is 2.65. The number of para-hydroxylation sites is 2. The van der Waals surface area contributed by atoms with Crippen molar-refractivity contribution >= 4 is 50.9 Å².